The fraction of sp³-hybridized carbons (Fsp3) is 0.400. The molecule has 1 aromatic heterocycles. The first kappa shape index (κ1) is 9.92. The Morgan fingerprint density at radius 2 is 2.47 bits per heavy atom. The van der Waals surface area contributed by atoms with Crippen LogP contribution in [0.1, 0.15) is 18.4 Å². The van der Waals surface area contributed by atoms with Gasteiger partial charge in [-0.05, 0) is 18.9 Å². The van der Waals surface area contributed by atoms with E-state index in [1.807, 2.05) is 6.07 Å². The van der Waals surface area contributed by atoms with E-state index in [1.165, 1.54) is 0 Å². The van der Waals surface area contributed by atoms with Gasteiger partial charge >= 0.3 is 0 Å². The van der Waals surface area contributed by atoms with E-state index >= 15 is 0 Å². The summed E-state index contributed by atoms with van der Waals surface area (Å²) in [6, 6.07) is 2.24. The summed E-state index contributed by atoms with van der Waals surface area (Å²) in [4.78, 5) is 8.44. The van der Waals surface area contributed by atoms with E-state index in [-0.39, 0.29) is 0 Å². The molecule has 0 aliphatic heterocycles. The number of methoxy groups -OCH3 is 1. The van der Waals surface area contributed by atoms with Crippen LogP contribution in [0.2, 0.25) is 0 Å². The van der Waals surface area contributed by atoms with Crippen LogP contribution < -0.4 is 16.0 Å². The highest BCUT2D eigenvalue weighted by molar-refractivity contribution is 6.00. The molecule has 3 N–H and O–H groups in total. The summed E-state index contributed by atoms with van der Waals surface area (Å²) in [6.45, 7) is 0. The van der Waals surface area contributed by atoms with Crippen LogP contribution in [0.5, 0.6) is 5.75 Å². The normalized spacial score (nSPS) is 16.3. The van der Waals surface area contributed by atoms with Gasteiger partial charge in [-0.3, -0.25) is 9.98 Å². The Balaban J connectivity index is 2.32. The largest absolute Gasteiger partial charge is 0.494 e. The van der Waals surface area contributed by atoms with Crippen LogP contribution in [0.25, 0.3) is 0 Å². The molecule has 0 atom stereocenters. The monoisotopic (exact) mass is 206 g/mol. The van der Waals surface area contributed by atoms with Crippen LogP contribution in [0.4, 0.5) is 0 Å². The molecule has 0 amide bonds. The third kappa shape index (κ3) is 2.24. The van der Waals surface area contributed by atoms with Crippen LogP contribution in [0, 0.1) is 0 Å². The van der Waals surface area contributed by atoms with Gasteiger partial charge in [0.2, 0.25) is 0 Å². The van der Waals surface area contributed by atoms with Gasteiger partial charge in [0, 0.05) is 6.20 Å². The molecule has 1 saturated carbocycles. The molecule has 0 saturated heterocycles. The summed E-state index contributed by atoms with van der Waals surface area (Å²) in [5.74, 6) is 6.79. The van der Waals surface area contributed by atoms with E-state index in [0.717, 1.165) is 18.4 Å². The van der Waals surface area contributed by atoms with E-state index in [2.05, 4.69) is 15.4 Å². The Hall–Kier alpha value is -1.62. The van der Waals surface area contributed by atoms with Crippen molar-refractivity contribution in [3.63, 3.8) is 0 Å². The van der Waals surface area contributed by atoms with Crippen molar-refractivity contribution in [3.8, 4) is 5.75 Å². The number of aromatic nitrogens is 1. The third-order valence-corrected chi connectivity index (χ3v) is 2.25. The zero-order chi connectivity index (χ0) is 10.7. The van der Waals surface area contributed by atoms with Crippen molar-refractivity contribution in [2.75, 3.05) is 7.11 Å². The van der Waals surface area contributed by atoms with Gasteiger partial charge in [-0.2, -0.15) is 0 Å². The average molecular weight is 206 g/mol. The summed E-state index contributed by atoms with van der Waals surface area (Å²) in [5.41, 5.74) is 3.46. The minimum atomic E-state index is 0.411. The number of hydrogen-bond donors (Lipinski definition) is 2. The van der Waals surface area contributed by atoms with Crippen LogP contribution in [0.15, 0.2) is 23.5 Å². The summed E-state index contributed by atoms with van der Waals surface area (Å²) < 4.78 is 5.19. The smallest absolute Gasteiger partial charge is 0.148 e. The lowest BCUT2D eigenvalue weighted by Gasteiger charge is -2.09. The van der Waals surface area contributed by atoms with Gasteiger partial charge in [-0.1, -0.05) is 0 Å². The van der Waals surface area contributed by atoms with E-state index in [4.69, 9.17) is 10.6 Å². The molecule has 0 unspecified atom stereocenters. The Bertz CT molecular complexity index is 373. The summed E-state index contributed by atoms with van der Waals surface area (Å²) in [5, 5.41) is 0. The highest BCUT2D eigenvalue weighted by Gasteiger charge is 2.22. The quantitative estimate of drug-likeness (QED) is 0.326. The molecule has 1 fully saturated rings. The summed E-state index contributed by atoms with van der Waals surface area (Å²) >= 11 is 0. The minimum absolute atomic E-state index is 0.411. The van der Waals surface area contributed by atoms with Crippen molar-refractivity contribution in [3.05, 3.63) is 24.0 Å². The van der Waals surface area contributed by atoms with Gasteiger partial charge in [0.1, 0.15) is 11.6 Å². The van der Waals surface area contributed by atoms with Gasteiger partial charge in [0.15, 0.2) is 0 Å². The SMILES string of the molecule is COc1cnccc1C(=NC1CC1)NN. The molecular formula is C10H14N4O. The maximum Gasteiger partial charge on any atom is 0.148 e. The van der Waals surface area contributed by atoms with E-state index in [1.54, 1.807) is 19.5 Å². The highest BCUT2D eigenvalue weighted by Crippen LogP contribution is 2.25. The molecule has 1 heterocycles. The van der Waals surface area contributed by atoms with Gasteiger partial charge in [-0.25, -0.2) is 5.84 Å². The summed E-state index contributed by atoms with van der Waals surface area (Å²) in [7, 11) is 1.60. The van der Waals surface area contributed by atoms with E-state index < -0.39 is 0 Å². The minimum Gasteiger partial charge on any atom is -0.494 e. The molecular weight excluding hydrogens is 192 g/mol. The van der Waals surface area contributed by atoms with Gasteiger partial charge in [0.05, 0.1) is 24.9 Å². The Kier molecular flexibility index (Phi) is 2.82. The molecule has 0 aromatic carbocycles. The topological polar surface area (TPSA) is 72.5 Å². The first-order valence-corrected chi connectivity index (χ1v) is 4.88. The fourth-order valence-corrected chi connectivity index (χ4v) is 1.31. The number of amidine groups is 1. The highest BCUT2D eigenvalue weighted by atomic mass is 16.5. The number of nitrogens with one attached hydrogen (secondary N) is 1. The second-order valence-electron chi connectivity index (χ2n) is 3.43. The third-order valence-electron chi connectivity index (χ3n) is 2.25. The van der Waals surface area contributed by atoms with Gasteiger partial charge < -0.3 is 10.2 Å². The number of aliphatic imine (C=N–C) groups is 1. The second-order valence-corrected chi connectivity index (χ2v) is 3.43. The van der Waals surface area contributed by atoms with Crippen LogP contribution >= 0.6 is 0 Å². The number of hydrogen-bond acceptors (Lipinski definition) is 4. The van der Waals surface area contributed by atoms with Gasteiger partial charge in [0.25, 0.3) is 0 Å². The first-order valence-electron chi connectivity index (χ1n) is 4.88. The molecule has 5 nitrogen and oxygen atoms in total. The standard InChI is InChI=1S/C10H14N4O/c1-15-9-6-12-5-4-8(9)10(14-11)13-7-2-3-7/h4-7H,2-3,11H2,1H3,(H,13,14). The maximum absolute atomic E-state index is 5.45. The fourth-order valence-electron chi connectivity index (χ4n) is 1.31. The van der Waals surface area contributed by atoms with Crippen molar-refractivity contribution in [1.29, 1.82) is 0 Å². The molecule has 15 heavy (non-hydrogen) atoms. The molecule has 5 heteroatoms. The molecule has 0 radical (unpaired) electrons. The van der Waals surface area contributed by atoms with E-state index in [9.17, 15) is 0 Å². The number of ether oxygens (including phenoxy) is 1. The van der Waals surface area contributed by atoms with Crippen molar-refractivity contribution in [1.82, 2.24) is 10.4 Å². The van der Waals surface area contributed by atoms with Crippen molar-refractivity contribution < 1.29 is 4.74 Å². The summed E-state index contributed by atoms with van der Waals surface area (Å²) in [6.07, 6.45) is 5.61. The second kappa shape index (κ2) is 4.27. The molecule has 2 rings (SSSR count). The van der Waals surface area contributed by atoms with Crippen molar-refractivity contribution in [2.24, 2.45) is 10.8 Å². The number of nitrogens with two attached hydrogens (primary N) is 1. The Labute approximate surface area is 88.3 Å². The molecule has 1 aromatic rings. The molecule has 1 aliphatic carbocycles. The lowest BCUT2D eigenvalue weighted by atomic mass is 10.2. The van der Waals surface area contributed by atoms with Crippen molar-refractivity contribution >= 4 is 5.84 Å². The zero-order valence-electron chi connectivity index (χ0n) is 8.60. The average Bonchev–Trinajstić information content (AvgIpc) is 3.10. The lowest BCUT2D eigenvalue weighted by Crippen LogP contribution is -2.31. The molecule has 0 spiro atoms. The molecule has 0 bridgehead atoms. The Morgan fingerprint density at radius 3 is 3.07 bits per heavy atom. The Morgan fingerprint density at radius 1 is 1.67 bits per heavy atom. The van der Waals surface area contributed by atoms with Crippen LogP contribution in [-0.4, -0.2) is 24.0 Å². The van der Waals surface area contributed by atoms with Crippen LogP contribution in [-0.2, 0) is 0 Å². The number of pyridine rings is 1. The van der Waals surface area contributed by atoms with Crippen molar-refractivity contribution in [2.45, 2.75) is 18.9 Å². The van der Waals surface area contributed by atoms with Crippen LogP contribution in [0.3, 0.4) is 0 Å². The molecule has 1 aliphatic rings. The zero-order valence-corrected chi connectivity index (χ0v) is 8.60. The lowest BCUT2D eigenvalue weighted by molar-refractivity contribution is 0.411. The number of rotatable bonds is 3. The number of nitrogens with zero attached hydrogens (tertiary/aromatic N) is 2. The predicted molar refractivity (Wildman–Crippen MR) is 57.7 cm³/mol. The first-order chi connectivity index (χ1) is 7.35. The van der Waals surface area contributed by atoms with E-state index in [0.29, 0.717) is 17.6 Å². The van der Waals surface area contributed by atoms with Gasteiger partial charge in [-0.15, -0.1) is 0 Å². The predicted octanol–water partition coefficient (Wildman–Crippen LogP) is 0.463. The maximum atomic E-state index is 5.45. The number of hydrazine groups is 1. The molecule has 80 valence electrons.